The smallest absolute Gasteiger partial charge is 0.191 e. The van der Waals surface area contributed by atoms with Crippen molar-refractivity contribution in [1.82, 2.24) is 20.4 Å². The largest absolute Gasteiger partial charge is 0.357 e. The molecule has 27 heavy (non-hydrogen) atoms. The van der Waals surface area contributed by atoms with E-state index in [0.29, 0.717) is 0 Å². The lowest BCUT2D eigenvalue weighted by Crippen LogP contribution is -2.39. The lowest BCUT2D eigenvalue weighted by molar-refractivity contribution is 0.537. The third-order valence-corrected chi connectivity index (χ3v) is 4.58. The molecule has 0 spiro atoms. The molecule has 0 fully saturated rings. The standard InChI is InChI=1S/C21H33N5.HI/c1-6-17-8-10-19(11-9-17)21(3,4)16-24-20(22-7-2)23-13-12-18-14-25-26(5)15-18;/h8-11,14-15H,6-7,12-13,16H2,1-5H3,(H2,22,23,24);1H. The fourth-order valence-corrected chi connectivity index (χ4v) is 2.83. The van der Waals surface area contributed by atoms with Gasteiger partial charge in [-0.1, -0.05) is 45.0 Å². The van der Waals surface area contributed by atoms with Gasteiger partial charge in [-0.15, -0.1) is 24.0 Å². The monoisotopic (exact) mass is 483 g/mol. The fraction of sp³-hybridized carbons (Fsp3) is 0.524. The number of nitrogens with one attached hydrogen (secondary N) is 2. The number of aromatic nitrogens is 2. The van der Waals surface area contributed by atoms with Crippen LogP contribution in [0, 0.1) is 0 Å². The van der Waals surface area contributed by atoms with Crippen LogP contribution < -0.4 is 10.6 Å². The van der Waals surface area contributed by atoms with Gasteiger partial charge in [0.25, 0.3) is 0 Å². The second-order valence-corrected chi connectivity index (χ2v) is 7.33. The van der Waals surface area contributed by atoms with Crippen molar-refractivity contribution < 1.29 is 0 Å². The minimum atomic E-state index is -0.00201. The highest BCUT2D eigenvalue weighted by atomic mass is 127. The van der Waals surface area contributed by atoms with Gasteiger partial charge in [-0.25, -0.2) is 0 Å². The van der Waals surface area contributed by atoms with Gasteiger partial charge >= 0.3 is 0 Å². The molecule has 1 aromatic carbocycles. The summed E-state index contributed by atoms with van der Waals surface area (Å²) in [4.78, 5) is 4.81. The van der Waals surface area contributed by atoms with E-state index in [1.165, 1.54) is 16.7 Å². The van der Waals surface area contributed by atoms with E-state index in [4.69, 9.17) is 4.99 Å². The van der Waals surface area contributed by atoms with Crippen molar-refractivity contribution in [3.8, 4) is 0 Å². The molecule has 1 aromatic heterocycles. The number of benzene rings is 1. The van der Waals surface area contributed by atoms with Crippen molar-refractivity contribution in [3.05, 3.63) is 53.3 Å². The summed E-state index contributed by atoms with van der Waals surface area (Å²) < 4.78 is 1.83. The molecule has 0 unspecified atom stereocenters. The summed E-state index contributed by atoms with van der Waals surface area (Å²) in [5.74, 6) is 0.870. The zero-order valence-electron chi connectivity index (χ0n) is 17.2. The molecule has 2 rings (SSSR count). The number of aliphatic imine (C=N–C) groups is 1. The molecule has 150 valence electrons. The minimum absolute atomic E-state index is 0. The van der Waals surface area contributed by atoms with Gasteiger partial charge in [-0.2, -0.15) is 5.10 Å². The number of hydrogen-bond donors (Lipinski definition) is 2. The number of halogens is 1. The second kappa shape index (κ2) is 11.3. The van der Waals surface area contributed by atoms with Gasteiger partial charge in [-0.3, -0.25) is 9.67 Å². The average Bonchev–Trinajstić information content (AvgIpc) is 3.05. The molecular weight excluding hydrogens is 449 g/mol. The van der Waals surface area contributed by atoms with E-state index in [1.54, 1.807) is 0 Å². The average molecular weight is 483 g/mol. The maximum atomic E-state index is 4.81. The van der Waals surface area contributed by atoms with Crippen LogP contribution in [0.4, 0.5) is 0 Å². The van der Waals surface area contributed by atoms with Gasteiger partial charge in [-0.05, 0) is 36.5 Å². The Morgan fingerprint density at radius 3 is 2.37 bits per heavy atom. The highest BCUT2D eigenvalue weighted by molar-refractivity contribution is 14.0. The first-order valence-corrected chi connectivity index (χ1v) is 9.53. The molecule has 0 saturated heterocycles. The van der Waals surface area contributed by atoms with Gasteiger partial charge in [0.05, 0.1) is 12.7 Å². The molecule has 0 bridgehead atoms. The topological polar surface area (TPSA) is 54.2 Å². The van der Waals surface area contributed by atoms with Crippen LogP contribution >= 0.6 is 24.0 Å². The molecule has 6 heteroatoms. The first-order chi connectivity index (χ1) is 12.4. The summed E-state index contributed by atoms with van der Waals surface area (Å²) in [6, 6.07) is 8.91. The number of hydrogen-bond acceptors (Lipinski definition) is 2. The predicted molar refractivity (Wildman–Crippen MR) is 125 cm³/mol. The Balaban J connectivity index is 0.00000364. The summed E-state index contributed by atoms with van der Waals surface area (Å²) in [6.07, 6.45) is 5.97. The number of aryl methyl sites for hydroxylation is 2. The fourth-order valence-electron chi connectivity index (χ4n) is 2.83. The zero-order valence-corrected chi connectivity index (χ0v) is 19.6. The van der Waals surface area contributed by atoms with E-state index in [9.17, 15) is 0 Å². The molecule has 0 aliphatic rings. The third-order valence-electron chi connectivity index (χ3n) is 4.58. The van der Waals surface area contributed by atoms with Crippen LogP contribution in [0.3, 0.4) is 0 Å². The second-order valence-electron chi connectivity index (χ2n) is 7.33. The van der Waals surface area contributed by atoms with Gasteiger partial charge in [0.1, 0.15) is 0 Å². The molecule has 0 atom stereocenters. The summed E-state index contributed by atoms with van der Waals surface area (Å²) >= 11 is 0. The lowest BCUT2D eigenvalue weighted by atomic mass is 9.84. The Bertz CT molecular complexity index is 704. The summed E-state index contributed by atoms with van der Waals surface area (Å²) in [7, 11) is 1.94. The van der Waals surface area contributed by atoms with Crippen LogP contribution in [-0.2, 0) is 25.3 Å². The summed E-state index contributed by atoms with van der Waals surface area (Å²) in [5.41, 5.74) is 3.92. The van der Waals surface area contributed by atoms with Gasteiger partial charge in [0, 0.05) is 31.7 Å². The zero-order chi connectivity index (χ0) is 19.0. The van der Waals surface area contributed by atoms with Gasteiger partial charge in [0.2, 0.25) is 0 Å². The van der Waals surface area contributed by atoms with E-state index in [-0.39, 0.29) is 29.4 Å². The Labute approximate surface area is 181 Å². The molecule has 0 aliphatic heterocycles. The molecule has 0 saturated carbocycles. The highest BCUT2D eigenvalue weighted by Gasteiger charge is 2.20. The van der Waals surface area contributed by atoms with Crippen LogP contribution in [0.5, 0.6) is 0 Å². The Morgan fingerprint density at radius 2 is 1.81 bits per heavy atom. The van der Waals surface area contributed by atoms with E-state index in [1.807, 2.05) is 17.9 Å². The first-order valence-electron chi connectivity index (χ1n) is 9.53. The summed E-state index contributed by atoms with van der Waals surface area (Å²) in [5, 5.41) is 11.0. The van der Waals surface area contributed by atoms with Crippen LogP contribution in [0.15, 0.2) is 41.7 Å². The van der Waals surface area contributed by atoms with E-state index >= 15 is 0 Å². The van der Waals surface area contributed by atoms with Crippen molar-refractivity contribution in [1.29, 1.82) is 0 Å². The lowest BCUT2D eigenvalue weighted by Gasteiger charge is -2.24. The van der Waals surface area contributed by atoms with E-state index in [2.05, 4.69) is 73.9 Å². The van der Waals surface area contributed by atoms with Crippen LogP contribution in [0.25, 0.3) is 0 Å². The number of rotatable bonds is 8. The SMILES string of the molecule is CCNC(=NCC(C)(C)c1ccc(CC)cc1)NCCc1cnn(C)c1.I. The van der Waals surface area contributed by atoms with Crippen molar-refractivity contribution in [2.45, 2.75) is 46.0 Å². The molecule has 5 nitrogen and oxygen atoms in total. The third kappa shape index (κ3) is 7.52. The molecule has 2 N–H and O–H groups in total. The van der Waals surface area contributed by atoms with Gasteiger partial charge < -0.3 is 10.6 Å². The van der Waals surface area contributed by atoms with Crippen molar-refractivity contribution >= 4 is 29.9 Å². The maximum absolute atomic E-state index is 4.81. The molecule has 0 aliphatic carbocycles. The van der Waals surface area contributed by atoms with Crippen LogP contribution in [0.2, 0.25) is 0 Å². The molecule has 0 radical (unpaired) electrons. The molecule has 0 amide bonds. The Kier molecular flexibility index (Phi) is 9.83. The normalized spacial score (nSPS) is 11.8. The van der Waals surface area contributed by atoms with Crippen molar-refractivity contribution in [3.63, 3.8) is 0 Å². The van der Waals surface area contributed by atoms with E-state index in [0.717, 1.165) is 38.4 Å². The van der Waals surface area contributed by atoms with E-state index < -0.39 is 0 Å². The minimum Gasteiger partial charge on any atom is -0.357 e. The predicted octanol–water partition coefficient (Wildman–Crippen LogP) is 3.68. The maximum Gasteiger partial charge on any atom is 0.191 e. The van der Waals surface area contributed by atoms with Crippen molar-refractivity contribution in [2.75, 3.05) is 19.6 Å². The Morgan fingerprint density at radius 1 is 1.11 bits per heavy atom. The number of nitrogens with zero attached hydrogens (tertiary/aromatic N) is 3. The van der Waals surface area contributed by atoms with Crippen molar-refractivity contribution in [2.24, 2.45) is 12.0 Å². The first kappa shape index (κ1) is 23.5. The number of guanidine groups is 1. The highest BCUT2D eigenvalue weighted by Crippen LogP contribution is 2.24. The quantitative estimate of drug-likeness (QED) is 0.342. The summed E-state index contributed by atoms with van der Waals surface area (Å²) in [6.45, 7) is 11.2. The molecule has 1 heterocycles. The van der Waals surface area contributed by atoms with Crippen LogP contribution in [0.1, 0.15) is 44.4 Å². The molecular formula is C21H34IN5. The Hall–Kier alpha value is -1.57. The molecule has 2 aromatic rings. The van der Waals surface area contributed by atoms with Gasteiger partial charge in [0.15, 0.2) is 5.96 Å². The van der Waals surface area contributed by atoms with Crippen LogP contribution in [-0.4, -0.2) is 35.4 Å².